The van der Waals surface area contributed by atoms with Gasteiger partial charge < -0.3 is 16.0 Å². The summed E-state index contributed by atoms with van der Waals surface area (Å²) in [5, 5.41) is 9.78. The van der Waals surface area contributed by atoms with E-state index in [1.54, 1.807) is 36.0 Å². The van der Waals surface area contributed by atoms with Crippen molar-refractivity contribution in [2.75, 3.05) is 17.3 Å². The minimum Gasteiger partial charge on any atom is -0.355 e. The summed E-state index contributed by atoms with van der Waals surface area (Å²) in [7, 11) is 0. The van der Waals surface area contributed by atoms with Gasteiger partial charge in [-0.1, -0.05) is 41.9 Å². The van der Waals surface area contributed by atoms with Crippen LogP contribution in [0, 0.1) is 0 Å². The number of rotatable bonds is 11. The molecule has 0 radical (unpaired) electrons. The van der Waals surface area contributed by atoms with Crippen LogP contribution in [0.5, 0.6) is 0 Å². The van der Waals surface area contributed by atoms with Gasteiger partial charge in [0.25, 0.3) is 5.91 Å². The Morgan fingerprint density at radius 3 is 2.39 bits per heavy atom. The largest absolute Gasteiger partial charge is 0.416 e. The number of nitrogens with zero attached hydrogens (tertiary/aromatic N) is 1. The van der Waals surface area contributed by atoms with Crippen LogP contribution in [0.25, 0.3) is 0 Å². The number of para-hydroxylation sites is 1. The van der Waals surface area contributed by atoms with E-state index in [-0.39, 0.29) is 23.2 Å². The van der Waals surface area contributed by atoms with Crippen molar-refractivity contribution >= 4 is 46.6 Å². The number of nitrogens with one attached hydrogen (secondary N) is 3. The van der Waals surface area contributed by atoms with Crippen LogP contribution in [0.15, 0.2) is 72.8 Å². The summed E-state index contributed by atoms with van der Waals surface area (Å²) in [5.74, 6) is -0.0155. The maximum Gasteiger partial charge on any atom is 0.416 e. The van der Waals surface area contributed by atoms with Crippen LogP contribution in [0.2, 0.25) is 5.02 Å². The van der Waals surface area contributed by atoms with E-state index in [9.17, 15) is 22.8 Å². The number of piperidine rings is 1. The Morgan fingerprint density at radius 1 is 1.00 bits per heavy atom. The first-order chi connectivity index (χ1) is 21.1. The first kappa shape index (κ1) is 32.2. The molecule has 3 N–H and O–H groups in total. The molecule has 2 aliphatic rings. The lowest BCUT2D eigenvalue weighted by molar-refractivity contribution is -0.137. The molecule has 5 rings (SSSR count). The third kappa shape index (κ3) is 8.08. The van der Waals surface area contributed by atoms with E-state index in [1.807, 2.05) is 18.4 Å². The minimum absolute atomic E-state index is 0.0185. The average molecular weight is 645 g/mol. The summed E-state index contributed by atoms with van der Waals surface area (Å²) in [6.45, 7) is 0.855. The Balaban J connectivity index is 1.23. The topological polar surface area (TPSA) is 73.5 Å². The molecule has 234 valence electrons. The highest BCUT2D eigenvalue weighted by atomic mass is 35.5. The molecule has 0 aliphatic carbocycles. The number of thioether (sulfide) groups is 1. The van der Waals surface area contributed by atoms with Gasteiger partial charge in [-0.25, -0.2) is 0 Å². The van der Waals surface area contributed by atoms with Gasteiger partial charge in [0.15, 0.2) is 0 Å². The van der Waals surface area contributed by atoms with Crippen molar-refractivity contribution < 1.29 is 22.8 Å². The van der Waals surface area contributed by atoms with E-state index in [1.165, 1.54) is 17.7 Å². The predicted molar refractivity (Wildman–Crippen MR) is 170 cm³/mol. The number of hydrogen-bond acceptors (Lipinski definition) is 5. The quantitative estimate of drug-likeness (QED) is 0.205. The normalized spacial score (nSPS) is 20.6. The number of amides is 2. The molecule has 3 atom stereocenters. The van der Waals surface area contributed by atoms with Gasteiger partial charge >= 0.3 is 6.18 Å². The smallest absolute Gasteiger partial charge is 0.355 e. The van der Waals surface area contributed by atoms with Crippen molar-refractivity contribution in [1.29, 1.82) is 0 Å². The highest BCUT2D eigenvalue weighted by molar-refractivity contribution is 7.98. The van der Waals surface area contributed by atoms with Gasteiger partial charge in [-0.2, -0.15) is 24.9 Å². The number of hydrogen-bond donors (Lipinski definition) is 3. The minimum atomic E-state index is -4.49. The molecule has 2 bridgehead atoms. The second-order valence-corrected chi connectivity index (χ2v) is 12.8. The predicted octanol–water partition coefficient (Wildman–Crippen LogP) is 7.27. The monoisotopic (exact) mass is 644 g/mol. The van der Waals surface area contributed by atoms with E-state index in [0.717, 1.165) is 49.4 Å². The van der Waals surface area contributed by atoms with Crippen LogP contribution < -0.4 is 16.0 Å². The molecule has 2 fully saturated rings. The van der Waals surface area contributed by atoms with Crippen molar-refractivity contribution in [1.82, 2.24) is 15.5 Å². The second kappa shape index (κ2) is 14.3. The van der Waals surface area contributed by atoms with Gasteiger partial charge in [0.1, 0.15) is 6.04 Å². The molecule has 2 saturated heterocycles. The molecule has 3 aromatic rings. The molecule has 2 heterocycles. The van der Waals surface area contributed by atoms with Gasteiger partial charge in [0, 0.05) is 35.4 Å². The Kier molecular flexibility index (Phi) is 10.4. The summed E-state index contributed by atoms with van der Waals surface area (Å²) in [6, 6.07) is 19.4. The maximum absolute atomic E-state index is 13.5. The highest BCUT2D eigenvalue weighted by Gasteiger charge is 2.41. The van der Waals surface area contributed by atoms with Gasteiger partial charge in [0.2, 0.25) is 5.91 Å². The molecule has 0 saturated carbocycles. The molecular formula is C33H36ClF3N4O2S. The SMILES string of the molecule is CSCC[C@H](NC(=O)c1ccccc1Nc1cccc(C(F)(F)F)c1)C(=O)NC1CC2CCC(C1)N2Cc1ccc(Cl)cc1. The molecule has 6 nitrogen and oxygen atoms in total. The van der Waals surface area contributed by atoms with E-state index in [4.69, 9.17) is 11.6 Å². The molecule has 44 heavy (non-hydrogen) atoms. The summed E-state index contributed by atoms with van der Waals surface area (Å²) in [4.78, 5) is 29.6. The lowest BCUT2D eigenvalue weighted by Crippen LogP contribution is -2.54. The Labute approximate surface area is 265 Å². The third-order valence-corrected chi connectivity index (χ3v) is 9.28. The number of carbonyl (C=O) groups excluding carboxylic acids is 2. The molecule has 3 aromatic carbocycles. The molecule has 0 aromatic heterocycles. The molecule has 2 aliphatic heterocycles. The van der Waals surface area contributed by atoms with Crippen molar-refractivity contribution in [2.24, 2.45) is 0 Å². The van der Waals surface area contributed by atoms with Gasteiger partial charge in [-0.15, -0.1) is 0 Å². The van der Waals surface area contributed by atoms with Gasteiger partial charge in [-0.05, 0) is 92.1 Å². The Morgan fingerprint density at radius 2 is 1.70 bits per heavy atom. The molecule has 2 unspecified atom stereocenters. The number of anilines is 2. The molecule has 2 amide bonds. The zero-order valence-electron chi connectivity index (χ0n) is 24.4. The van der Waals surface area contributed by atoms with Crippen LogP contribution in [0.4, 0.5) is 24.5 Å². The molecular weight excluding hydrogens is 609 g/mol. The maximum atomic E-state index is 13.5. The molecule has 0 spiro atoms. The number of fused-ring (bicyclic) bond motifs is 2. The van der Waals surface area contributed by atoms with Crippen LogP contribution >= 0.6 is 23.4 Å². The van der Waals surface area contributed by atoms with Crippen molar-refractivity contribution in [2.45, 2.75) is 69.0 Å². The van der Waals surface area contributed by atoms with Crippen LogP contribution in [-0.4, -0.2) is 52.9 Å². The van der Waals surface area contributed by atoms with Gasteiger partial charge in [-0.3, -0.25) is 14.5 Å². The second-order valence-electron chi connectivity index (χ2n) is 11.4. The van der Waals surface area contributed by atoms with E-state index in [0.29, 0.717) is 29.9 Å². The summed E-state index contributed by atoms with van der Waals surface area (Å²) in [5.41, 5.74) is 1.21. The fourth-order valence-corrected chi connectivity index (χ4v) is 6.81. The number of alkyl halides is 3. The highest BCUT2D eigenvalue weighted by Crippen LogP contribution is 2.37. The van der Waals surface area contributed by atoms with E-state index >= 15 is 0 Å². The van der Waals surface area contributed by atoms with E-state index in [2.05, 4.69) is 33.0 Å². The third-order valence-electron chi connectivity index (χ3n) is 8.38. The summed E-state index contributed by atoms with van der Waals surface area (Å²) in [6.07, 6.45) is 1.79. The van der Waals surface area contributed by atoms with Crippen LogP contribution in [0.3, 0.4) is 0 Å². The summed E-state index contributed by atoms with van der Waals surface area (Å²) >= 11 is 7.64. The first-order valence-electron chi connectivity index (χ1n) is 14.7. The Hall–Kier alpha value is -3.21. The fourth-order valence-electron chi connectivity index (χ4n) is 6.21. The van der Waals surface area contributed by atoms with Crippen LogP contribution in [0.1, 0.15) is 53.6 Å². The summed E-state index contributed by atoms with van der Waals surface area (Å²) < 4.78 is 39.7. The number of carbonyl (C=O) groups is 2. The van der Waals surface area contributed by atoms with Crippen molar-refractivity contribution in [3.8, 4) is 0 Å². The Bertz CT molecular complexity index is 1440. The standard InChI is InChI=1S/C33H36ClF3N4O2S/c1-44-16-15-30(32(43)39-25-18-26-13-14-27(19-25)41(26)20-21-9-11-23(34)12-10-21)40-31(42)28-7-2-3-8-29(28)38-24-6-4-5-22(17-24)33(35,36)37/h2-12,17,25-27,30,38H,13-16,18-20H2,1H3,(H,39,43)(H,40,42)/t25?,26?,27?,30-/m0/s1. The van der Waals surface area contributed by atoms with Gasteiger partial charge in [0.05, 0.1) is 16.8 Å². The zero-order valence-corrected chi connectivity index (χ0v) is 25.9. The lowest BCUT2D eigenvalue weighted by atomic mass is 9.96. The first-order valence-corrected chi connectivity index (χ1v) is 16.5. The number of benzene rings is 3. The van der Waals surface area contributed by atoms with E-state index < -0.39 is 23.7 Å². The lowest BCUT2D eigenvalue weighted by Gasteiger charge is -2.39. The average Bonchev–Trinajstić information content (AvgIpc) is 3.22. The fraction of sp³-hybridized carbons (Fsp3) is 0.394. The van der Waals surface area contributed by atoms with Crippen molar-refractivity contribution in [3.05, 3.63) is 94.5 Å². The molecule has 11 heteroatoms. The number of halogens is 4. The van der Waals surface area contributed by atoms with Crippen LogP contribution in [-0.2, 0) is 17.5 Å². The zero-order chi connectivity index (χ0) is 31.3. The van der Waals surface area contributed by atoms with Crippen molar-refractivity contribution in [3.63, 3.8) is 0 Å².